The Balaban J connectivity index is 1.57. The number of nitrogens with zero attached hydrogens (tertiary/aromatic N) is 3. The molecule has 13 heteroatoms. The second-order valence-electron chi connectivity index (χ2n) is 7.35. The molecule has 34 heavy (non-hydrogen) atoms. The van der Waals surface area contributed by atoms with Gasteiger partial charge < -0.3 is 13.8 Å². The number of fused-ring (bicyclic) bond motifs is 1. The maximum atomic E-state index is 14.1. The maximum Gasteiger partial charge on any atom is 0.471 e. The second kappa shape index (κ2) is 8.72. The van der Waals surface area contributed by atoms with Gasteiger partial charge in [-0.2, -0.15) is 18.2 Å². The molecule has 0 amide bonds. The highest BCUT2D eigenvalue weighted by Gasteiger charge is 2.38. The quantitative estimate of drug-likeness (QED) is 0.385. The van der Waals surface area contributed by atoms with Gasteiger partial charge in [-0.05, 0) is 30.7 Å². The van der Waals surface area contributed by atoms with Crippen molar-refractivity contribution in [2.24, 2.45) is 0 Å². The molecular formula is C21H18F4N4O4S. The predicted molar refractivity (Wildman–Crippen MR) is 113 cm³/mol. The number of methoxy groups -OCH3 is 1. The molecule has 1 N–H and O–H groups in total. The third kappa shape index (κ3) is 4.61. The van der Waals surface area contributed by atoms with E-state index in [-0.39, 0.29) is 24.7 Å². The number of halogens is 4. The summed E-state index contributed by atoms with van der Waals surface area (Å²) >= 11 is 0. The molecule has 0 saturated heterocycles. The Labute approximate surface area is 191 Å². The molecule has 0 aliphatic heterocycles. The van der Waals surface area contributed by atoms with E-state index in [2.05, 4.69) is 19.4 Å². The standard InChI is InChI=1S/C21H18F4N4O4S/c1-12-11-29(8-7-26-34(30,31)18-10-14(32-2)4-6-16(18)22)17-9-13(3-5-15(12)17)19-27-20(33-28-19)21(23,24)25/h3-6,9-11,26H,7-8H2,1-2H3. The lowest BCUT2D eigenvalue weighted by Gasteiger charge is -2.10. The third-order valence-electron chi connectivity index (χ3n) is 5.08. The SMILES string of the molecule is COc1ccc(F)c(S(=O)(=O)NCCn2cc(C)c3ccc(-c4noc(C(F)(F)F)n4)cc32)c1. The summed E-state index contributed by atoms with van der Waals surface area (Å²) in [5.74, 6) is -2.41. The van der Waals surface area contributed by atoms with Crippen molar-refractivity contribution in [3.63, 3.8) is 0 Å². The minimum atomic E-state index is -4.76. The van der Waals surface area contributed by atoms with E-state index in [1.807, 2.05) is 6.92 Å². The Morgan fingerprint density at radius 2 is 1.94 bits per heavy atom. The highest BCUT2D eigenvalue weighted by Crippen LogP contribution is 2.31. The molecule has 0 atom stereocenters. The third-order valence-corrected chi connectivity index (χ3v) is 6.56. The van der Waals surface area contributed by atoms with Gasteiger partial charge in [-0.15, -0.1) is 0 Å². The van der Waals surface area contributed by atoms with Crippen molar-refractivity contribution < 1.29 is 35.2 Å². The number of benzene rings is 2. The fraction of sp³-hybridized carbons (Fsp3) is 0.238. The number of hydrogen-bond donors (Lipinski definition) is 1. The van der Waals surface area contributed by atoms with Crippen LogP contribution in [-0.2, 0) is 22.7 Å². The summed E-state index contributed by atoms with van der Waals surface area (Å²) in [7, 11) is -2.82. The number of alkyl halides is 3. The zero-order chi connectivity index (χ0) is 24.7. The molecule has 2 heterocycles. The van der Waals surface area contributed by atoms with E-state index in [1.54, 1.807) is 29.0 Å². The summed E-state index contributed by atoms with van der Waals surface area (Å²) in [5.41, 5.74) is 1.79. The molecular weight excluding hydrogens is 480 g/mol. The molecule has 0 bridgehead atoms. The van der Waals surface area contributed by atoms with Gasteiger partial charge in [-0.1, -0.05) is 17.3 Å². The van der Waals surface area contributed by atoms with Gasteiger partial charge >= 0.3 is 12.1 Å². The van der Waals surface area contributed by atoms with Gasteiger partial charge in [0.15, 0.2) is 0 Å². The average molecular weight is 498 g/mol. The monoisotopic (exact) mass is 498 g/mol. The predicted octanol–water partition coefficient (Wildman–Crippen LogP) is 4.14. The number of aryl methyl sites for hydroxylation is 1. The van der Waals surface area contributed by atoms with Crippen LogP contribution in [0.1, 0.15) is 11.5 Å². The molecule has 0 aliphatic rings. The van der Waals surface area contributed by atoms with Crippen LogP contribution in [0.2, 0.25) is 0 Å². The number of hydrogen-bond acceptors (Lipinski definition) is 6. The minimum Gasteiger partial charge on any atom is -0.497 e. The fourth-order valence-electron chi connectivity index (χ4n) is 3.45. The van der Waals surface area contributed by atoms with Crippen LogP contribution in [-0.4, -0.2) is 36.8 Å². The highest BCUT2D eigenvalue weighted by molar-refractivity contribution is 7.89. The number of ether oxygens (including phenoxy) is 1. The topological polar surface area (TPSA) is 99.2 Å². The molecule has 0 unspecified atom stereocenters. The molecule has 0 saturated carbocycles. The first-order valence-electron chi connectivity index (χ1n) is 9.83. The van der Waals surface area contributed by atoms with Crippen molar-refractivity contribution in [1.29, 1.82) is 0 Å². The molecule has 0 spiro atoms. The van der Waals surface area contributed by atoms with Gasteiger partial charge in [0.25, 0.3) is 0 Å². The molecule has 180 valence electrons. The number of rotatable bonds is 7. The normalized spacial score (nSPS) is 12.4. The summed E-state index contributed by atoms with van der Waals surface area (Å²) in [6, 6.07) is 8.25. The first-order chi connectivity index (χ1) is 16.0. The number of sulfonamides is 1. The molecule has 0 radical (unpaired) electrons. The number of aromatic nitrogens is 3. The van der Waals surface area contributed by atoms with Crippen LogP contribution in [0, 0.1) is 12.7 Å². The Bertz CT molecular complexity index is 1460. The van der Waals surface area contributed by atoms with Crippen molar-refractivity contribution in [3.05, 3.63) is 59.9 Å². The van der Waals surface area contributed by atoms with Crippen molar-refractivity contribution in [2.45, 2.75) is 24.5 Å². The maximum absolute atomic E-state index is 14.1. The fourth-order valence-corrected chi connectivity index (χ4v) is 4.56. The lowest BCUT2D eigenvalue weighted by molar-refractivity contribution is -0.159. The molecule has 2 aromatic heterocycles. The Hall–Kier alpha value is -3.45. The Morgan fingerprint density at radius 3 is 2.62 bits per heavy atom. The summed E-state index contributed by atoms with van der Waals surface area (Å²) < 4.78 is 90.9. The van der Waals surface area contributed by atoms with E-state index in [4.69, 9.17) is 4.74 Å². The number of nitrogens with one attached hydrogen (secondary N) is 1. The van der Waals surface area contributed by atoms with Crippen LogP contribution in [0.5, 0.6) is 5.75 Å². The summed E-state index contributed by atoms with van der Waals surface area (Å²) in [6.45, 7) is 1.93. The molecule has 2 aromatic carbocycles. The van der Waals surface area contributed by atoms with Crippen molar-refractivity contribution in [3.8, 4) is 17.1 Å². The van der Waals surface area contributed by atoms with Crippen molar-refractivity contribution in [1.82, 2.24) is 19.4 Å². The van der Waals surface area contributed by atoms with Crippen LogP contribution in [0.15, 0.2) is 52.0 Å². The summed E-state index contributed by atoms with van der Waals surface area (Å²) in [5, 5.41) is 4.20. The zero-order valence-electron chi connectivity index (χ0n) is 17.9. The Kier molecular flexibility index (Phi) is 6.08. The zero-order valence-corrected chi connectivity index (χ0v) is 18.7. The molecule has 0 fully saturated rings. The van der Waals surface area contributed by atoms with Gasteiger partial charge in [-0.3, -0.25) is 0 Å². The smallest absolute Gasteiger partial charge is 0.471 e. The van der Waals surface area contributed by atoms with Crippen LogP contribution in [0.3, 0.4) is 0 Å². The van der Waals surface area contributed by atoms with E-state index in [0.717, 1.165) is 23.1 Å². The highest BCUT2D eigenvalue weighted by atomic mass is 32.2. The van der Waals surface area contributed by atoms with Gasteiger partial charge in [0.05, 0.1) is 7.11 Å². The van der Waals surface area contributed by atoms with Gasteiger partial charge in [-0.25, -0.2) is 17.5 Å². The lowest BCUT2D eigenvalue weighted by Crippen LogP contribution is -2.28. The van der Waals surface area contributed by atoms with E-state index in [0.29, 0.717) is 11.1 Å². The minimum absolute atomic E-state index is 0.0765. The van der Waals surface area contributed by atoms with Crippen LogP contribution < -0.4 is 9.46 Å². The molecule has 0 aliphatic carbocycles. The summed E-state index contributed by atoms with van der Waals surface area (Å²) in [6.07, 6.45) is -2.99. The van der Waals surface area contributed by atoms with E-state index >= 15 is 0 Å². The van der Waals surface area contributed by atoms with Crippen LogP contribution in [0.4, 0.5) is 17.6 Å². The second-order valence-corrected chi connectivity index (χ2v) is 9.09. The first kappa shape index (κ1) is 23.7. The van der Waals surface area contributed by atoms with Gasteiger partial charge in [0, 0.05) is 41.8 Å². The van der Waals surface area contributed by atoms with Gasteiger partial charge in [0.2, 0.25) is 15.8 Å². The van der Waals surface area contributed by atoms with E-state index in [9.17, 15) is 26.0 Å². The molecule has 4 rings (SSSR count). The molecule has 4 aromatic rings. The van der Waals surface area contributed by atoms with Crippen LogP contribution >= 0.6 is 0 Å². The molecule has 8 nitrogen and oxygen atoms in total. The van der Waals surface area contributed by atoms with Crippen molar-refractivity contribution >= 4 is 20.9 Å². The van der Waals surface area contributed by atoms with Crippen LogP contribution in [0.25, 0.3) is 22.3 Å². The van der Waals surface area contributed by atoms with E-state index in [1.165, 1.54) is 13.2 Å². The lowest BCUT2D eigenvalue weighted by atomic mass is 10.1. The van der Waals surface area contributed by atoms with E-state index < -0.39 is 32.8 Å². The van der Waals surface area contributed by atoms with Crippen molar-refractivity contribution in [2.75, 3.05) is 13.7 Å². The largest absolute Gasteiger partial charge is 0.497 e. The Morgan fingerprint density at radius 1 is 1.18 bits per heavy atom. The first-order valence-corrected chi connectivity index (χ1v) is 11.3. The average Bonchev–Trinajstić information content (AvgIpc) is 3.39. The van der Waals surface area contributed by atoms with Gasteiger partial charge in [0.1, 0.15) is 16.5 Å². The summed E-state index contributed by atoms with van der Waals surface area (Å²) in [4.78, 5) is 2.85.